The van der Waals surface area contributed by atoms with Gasteiger partial charge in [-0.1, -0.05) is 31.2 Å². The molecule has 1 aromatic heterocycles. The summed E-state index contributed by atoms with van der Waals surface area (Å²) in [5.41, 5.74) is 3.12. The van der Waals surface area contributed by atoms with Gasteiger partial charge in [0.1, 0.15) is 9.88 Å². The molecule has 4 rings (SSSR count). The Morgan fingerprint density at radius 2 is 1.73 bits per heavy atom. The molecule has 2 fully saturated rings. The topological polar surface area (TPSA) is 62.7 Å². The van der Waals surface area contributed by atoms with E-state index < -0.39 is 0 Å². The molecule has 0 bridgehead atoms. The van der Waals surface area contributed by atoms with Gasteiger partial charge in [0.2, 0.25) is 5.91 Å². The Kier molecular flexibility index (Phi) is 6.49. The lowest BCUT2D eigenvalue weighted by Gasteiger charge is -2.35. The molecule has 0 atom stereocenters. The zero-order chi connectivity index (χ0) is 21.1. The molecule has 30 heavy (non-hydrogen) atoms. The number of morpholine rings is 1. The summed E-state index contributed by atoms with van der Waals surface area (Å²) in [7, 11) is 0. The molecule has 0 radical (unpaired) electrons. The van der Waals surface area contributed by atoms with Gasteiger partial charge in [-0.2, -0.15) is 0 Å². The molecule has 2 amide bonds. The molecule has 0 aliphatic carbocycles. The molecule has 0 saturated carbocycles. The van der Waals surface area contributed by atoms with Crippen molar-refractivity contribution < 1.29 is 14.3 Å². The summed E-state index contributed by atoms with van der Waals surface area (Å²) in [6.07, 6.45) is 2.46. The Labute approximate surface area is 181 Å². The van der Waals surface area contributed by atoms with Crippen LogP contribution in [0.15, 0.2) is 24.3 Å². The van der Waals surface area contributed by atoms with E-state index in [1.807, 2.05) is 16.7 Å². The summed E-state index contributed by atoms with van der Waals surface area (Å²) in [6.45, 7) is 7.89. The minimum Gasteiger partial charge on any atom is -0.378 e. The van der Waals surface area contributed by atoms with Crippen molar-refractivity contribution >= 4 is 23.2 Å². The summed E-state index contributed by atoms with van der Waals surface area (Å²) < 4.78 is 5.34. The van der Waals surface area contributed by atoms with Gasteiger partial charge in [0, 0.05) is 37.7 Å². The summed E-state index contributed by atoms with van der Waals surface area (Å²) in [6, 6.07) is 8.38. The van der Waals surface area contributed by atoms with Crippen molar-refractivity contribution in [1.82, 2.24) is 14.8 Å². The first kappa shape index (κ1) is 21.0. The third-order valence-corrected chi connectivity index (χ3v) is 7.25. The maximum absolute atomic E-state index is 13.1. The number of aryl methyl sites for hydroxylation is 2. The second-order valence-corrected chi connectivity index (χ2v) is 8.99. The molecule has 2 aliphatic heterocycles. The Morgan fingerprint density at radius 1 is 1.07 bits per heavy atom. The van der Waals surface area contributed by atoms with Gasteiger partial charge in [0.25, 0.3) is 5.91 Å². The van der Waals surface area contributed by atoms with E-state index in [0.29, 0.717) is 44.3 Å². The number of hydrogen-bond acceptors (Lipinski definition) is 5. The van der Waals surface area contributed by atoms with Crippen molar-refractivity contribution in [3.8, 4) is 10.6 Å². The average Bonchev–Trinajstić information content (AvgIpc) is 3.20. The Bertz CT molecular complexity index is 895. The molecule has 1 aromatic carbocycles. The Hall–Kier alpha value is -2.25. The van der Waals surface area contributed by atoms with Crippen LogP contribution in [0.2, 0.25) is 0 Å². The van der Waals surface area contributed by atoms with Crippen molar-refractivity contribution in [2.75, 3.05) is 39.4 Å². The fraction of sp³-hybridized carbons (Fsp3) is 0.522. The zero-order valence-corrected chi connectivity index (χ0v) is 18.5. The highest BCUT2D eigenvalue weighted by atomic mass is 32.1. The predicted octanol–water partition coefficient (Wildman–Crippen LogP) is 3.39. The first-order chi connectivity index (χ1) is 14.6. The lowest BCUT2D eigenvalue weighted by molar-refractivity contribution is -0.141. The van der Waals surface area contributed by atoms with Crippen molar-refractivity contribution in [1.29, 1.82) is 0 Å². The second kappa shape index (κ2) is 9.27. The minimum atomic E-state index is 0.0161. The molecule has 0 unspecified atom stereocenters. The summed E-state index contributed by atoms with van der Waals surface area (Å²) in [5.74, 6) is 0.276. The van der Waals surface area contributed by atoms with Gasteiger partial charge in [0.05, 0.1) is 18.9 Å². The smallest absolute Gasteiger partial charge is 0.265 e. The fourth-order valence-corrected chi connectivity index (χ4v) is 5.16. The molecular weight excluding hydrogens is 398 g/mol. The standard InChI is InChI=1S/C23H29N3O3S/c1-3-17-4-6-18(7-5-17)21-24-16(2)20(30-21)23(28)25-10-8-19(9-11-25)22(27)26-12-14-29-15-13-26/h4-7,19H,3,8-15H2,1-2H3. The molecule has 6 nitrogen and oxygen atoms in total. The number of amides is 2. The number of carbonyl (C=O) groups is 2. The van der Waals surface area contributed by atoms with Crippen LogP contribution in [-0.2, 0) is 16.0 Å². The number of rotatable bonds is 4. The van der Waals surface area contributed by atoms with Gasteiger partial charge in [0.15, 0.2) is 0 Å². The molecular formula is C23H29N3O3S. The van der Waals surface area contributed by atoms with Crippen molar-refractivity contribution in [3.63, 3.8) is 0 Å². The quantitative estimate of drug-likeness (QED) is 0.750. The number of thiazole rings is 1. The number of nitrogens with zero attached hydrogens (tertiary/aromatic N) is 3. The molecule has 2 saturated heterocycles. The first-order valence-electron chi connectivity index (χ1n) is 10.8. The van der Waals surface area contributed by atoms with Crippen LogP contribution in [0.5, 0.6) is 0 Å². The van der Waals surface area contributed by atoms with Gasteiger partial charge >= 0.3 is 0 Å². The Morgan fingerprint density at radius 3 is 2.37 bits per heavy atom. The monoisotopic (exact) mass is 427 g/mol. The first-order valence-corrected chi connectivity index (χ1v) is 11.6. The second-order valence-electron chi connectivity index (χ2n) is 7.99. The van der Waals surface area contributed by atoms with E-state index in [1.54, 1.807) is 0 Å². The van der Waals surface area contributed by atoms with E-state index in [2.05, 4.69) is 36.2 Å². The summed E-state index contributed by atoms with van der Waals surface area (Å²) >= 11 is 1.47. The number of piperidine rings is 1. The molecule has 7 heteroatoms. The highest BCUT2D eigenvalue weighted by molar-refractivity contribution is 7.17. The third kappa shape index (κ3) is 4.42. The molecule has 2 aliphatic rings. The van der Waals surface area contributed by atoms with Gasteiger partial charge in [-0.05, 0) is 31.7 Å². The van der Waals surface area contributed by atoms with E-state index >= 15 is 0 Å². The normalized spacial score (nSPS) is 17.9. The maximum Gasteiger partial charge on any atom is 0.265 e. The highest BCUT2D eigenvalue weighted by Gasteiger charge is 2.32. The number of ether oxygens (including phenoxy) is 1. The highest BCUT2D eigenvalue weighted by Crippen LogP contribution is 2.30. The van der Waals surface area contributed by atoms with Crippen LogP contribution in [0.4, 0.5) is 0 Å². The van der Waals surface area contributed by atoms with Crippen molar-refractivity contribution in [2.24, 2.45) is 5.92 Å². The molecule has 0 N–H and O–H groups in total. The lowest BCUT2D eigenvalue weighted by atomic mass is 9.95. The number of aromatic nitrogens is 1. The molecule has 2 aromatic rings. The van der Waals surface area contributed by atoms with Crippen LogP contribution < -0.4 is 0 Å². The van der Waals surface area contributed by atoms with Crippen LogP contribution in [0.25, 0.3) is 10.6 Å². The van der Waals surface area contributed by atoms with E-state index in [0.717, 1.165) is 35.5 Å². The number of likely N-dealkylation sites (tertiary alicyclic amines) is 1. The van der Waals surface area contributed by atoms with Crippen LogP contribution in [0.1, 0.15) is 40.7 Å². The van der Waals surface area contributed by atoms with E-state index in [9.17, 15) is 9.59 Å². The van der Waals surface area contributed by atoms with Crippen molar-refractivity contribution in [3.05, 3.63) is 40.4 Å². The van der Waals surface area contributed by atoms with Crippen LogP contribution in [-0.4, -0.2) is 66.0 Å². The van der Waals surface area contributed by atoms with Crippen molar-refractivity contribution in [2.45, 2.75) is 33.1 Å². The average molecular weight is 428 g/mol. The largest absolute Gasteiger partial charge is 0.378 e. The Balaban J connectivity index is 1.39. The zero-order valence-electron chi connectivity index (χ0n) is 17.7. The van der Waals surface area contributed by atoms with E-state index in [4.69, 9.17) is 4.74 Å². The SMILES string of the molecule is CCc1ccc(-c2nc(C)c(C(=O)N3CCC(C(=O)N4CCOCC4)CC3)s2)cc1. The van der Waals surface area contributed by atoms with Crippen LogP contribution in [0, 0.1) is 12.8 Å². The van der Waals surface area contributed by atoms with Gasteiger partial charge < -0.3 is 14.5 Å². The third-order valence-electron chi connectivity index (χ3n) is 6.05. The fourth-order valence-electron chi connectivity index (χ4n) is 4.12. The van der Waals surface area contributed by atoms with Crippen LogP contribution in [0.3, 0.4) is 0 Å². The number of benzene rings is 1. The minimum absolute atomic E-state index is 0.0161. The predicted molar refractivity (Wildman–Crippen MR) is 118 cm³/mol. The summed E-state index contributed by atoms with van der Waals surface area (Å²) in [4.78, 5) is 35.0. The number of carbonyl (C=O) groups excluding carboxylic acids is 2. The van der Waals surface area contributed by atoms with Crippen LogP contribution >= 0.6 is 11.3 Å². The summed E-state index contributed by atoms with van der Waals surface area (Å²) in [5, 5.41) is 0.885. The number of hydrogen-bond donors (Lipinski definition) is 0. The molecule has 0 spiro atoms. The maximum atomic E-state index is 13.1. The lowest BCUT2D eigenvalue weighted by Crippen LogP contribution is -2.47. The molecule has 3 heterocycles. The van der Waals surface area contributed by atoms with E-state index in [-0.39, 0.29) is 17.7 Å². The van der Waals surface area contributed by atoms with Gasteiger partial charge in [-0.3, -0.25) is 9.59 Å². The van der Waals surface area contributed by atoms with Gasteiger partial charge in [-0.15, -0.1) is 11.3 Å². The molecule has 160 valence electrons. The van der Waals surface area contributed by atoms with E-state index in [1.165, 1.54) is 16.9 Å². The van der Waals surface area contributed by atoms with Gasteiger partial charge in [-0.25, -0.2) is 4.98 Å².